The molecular weight excluding hydrogens is 402 g/mol. The van der Waals surface area contributed by atoms with Crippen molar-refractivity contribution in [3.05, 3.63) is 58.7 Å². The lowest BCUT2D eigenvalue weighted by Gasteiger charge is -2.36. The minimum absolute atomic E-state index is 0.361. The fourth-order valence-electron chi connectivity index (χ4n) is 4.04. The standard InChI is InChI=1S/C22H24F2N6O/c23-20(24)13-30-14-27-19-9-17(3-4-18(19)22(30)31)29-7-5-28(6-8-29)12-15-10-25-21(26-11-15)16-1-2-16/h3-4,9-11,14,16,20H,1-2,5-8,12-13H2. The van der Waals surface area contributed by atoms with E-state index in [0.29, 0.717) is 16.8 Å². The first kappa shape index (κ1) is 20.0. The van der Waals surface area contributed by atoms with Crippen LogP contribution in [-0.4, -0.2) is 57.0 Å². The van der Waals surface area contributed by atoms with Crippen LogP contribution in [0.5, 0.6) is 0 Å². The topological polar surface area (TPSA) is 67.2 Å². The van der Waals surface area contributed by atoms with Crippen molar-refractivity contribution in [2.24, 2.45) is 0 Å². The minimum Gasteiger partial charge on any atom is -0.369 e. The van der Waals surface area contributed by atoms with Crippen LogP contribution in [-0.2, 0) is 13.1 Å². The number of alkyl halides is 2. The number of piperazine rings is 1. The molecule has 7 nitrogen and oxygen atoms in total. The van der Waals surface area contributed by atoms with E-state index in [0.717, 1.165) is 54.4 Å². The Kier molecular flexibility index (Phi) is 5.35. The van der Waals surface area contributed by atoms with Gasteiger partial charge in [-0.15, -0.1) is 0 Å². The highest BCUT2D eigenvalue weighted by Gasteiger charge is 2.26. The van der Waals surface area contributed by atoms with Crippen molar-refractivity contribution >= 4 is 16.6 Å². The Morgan fingerprint density at radius 1 is 1.03 bits per heavy atom. The van der Waals surface area contributed by atoms with E-state index in [2.05, 4.69) is 24.8 Å². The Morgan fingerprint density at radius 2 is 1.77 bits per heavy atom. The lowest BCUT2D eigenvalue weighted by atomic mass is 10.2. The highest BCUT2D eigenvalue weighted by Crippen LogP contribution is 2.37. The second-order valence-electron chi connectivity index (χ2n) is 8.28. The fourth-order valence-corrected chi connectivity index (χ4v) is 4.04. The lowest BCUT2D eigenvalue weighted by Crippen LogP contribution is -2.46. The third-order valence-electron chi connectivity index (χ3n) is 5.95. The molecule has 3 heterocycles. The number of benzene rings is 1. The molecule has 3 aromatic rings. The van der Waals surface area contributed by atoms with Crippen molar-refractivity contribution in [1.29, 1.82) is 0 Å². The van der Waals surface area contributed by atoms with Gasteiger partial charge in [0.25, 0.3) is 12.0 Å². The molecule has 2 aliphatic rings. The van der Waals surface area contributed by atoms with Gasteiger partial charge in [0.05, 0.1) is 23.8 Å². The quantitative estimate of drug-likeness (QED) is 0.604. The summed E-state index contributed by atoms with van der Waals surface area (Å²) in [6.45, 7) is 3.73. The average molecular weight is 426 g/mol. The molecule has 2 fully saturated rings. The molecule has 1 aliphatic carbocycles. The molecule has 162 valence electrons. The fraction of sp³-hybridized carbons (Fsp3) is 0.455. The number of hydrogen-bond donors (Lipinski definition) is 0. The van der Waals surface area contributed by atoms with E-state index >= 15 is 0 Å². The van der Waals surface area contributed by atoms with Gasteiger partial charge in [0.1, 0.15) is 5.82 Å². The predicted octanol–water partition coefficient (Wildman–Crippen LogP) is 2.65. The first-order valence-electron chi connectivity index (χ1n) is 10.6. The van der Waals surface area contributed by atoms with Gasteiger partial charge >= 0.3 is 0 Å². The van der Waals surface area contributed by atoms with E-state index in [1.54, 1.807) is 6.07 Å². The summed E-state index contributed by atoms with van der Waals surface area (Å²) < 4.78 is 26.2. The van der Waals surface area contributed by atoms with Gasteiger partial charge in [0.2, 0.25) is 0 Å². The highest BCUT2D eigenvalue weighted by molar-refractivity contribution is 5.81. The third kappa shape index (κ3) is 4.41. The summed E-state index contributed by atoms with van der Waals surface area (Å²) in [6.07, 6.45) is 4.92. The highest BCUT2D eigenvalue weighted by atomic mass is 19.3. The molecule has 0 unspecified atom stereocenters. The number of rotatable bonds is 6. The molecule has 0 bridgehead atoms. The summed E-state index contributed by atoms with van der Waals surface area (Å²) >= 11 is 0. The van der Waals surface area contributed by atoms with Crippen molar-refractivity contribution < 1.29 is 8.78 Å². The molecule has 0 spiro atoms. The summed E-state index contributed by atoms with van der Waals surface area (Å²) in [5.41, 5.74) is 2.22. The maximum Gasteiger partial charge on any atom is 0.261 e. The van der Waals surface area contributed by atoms with Gasteiger partial charge in [-0.3, -0.25) is 14.3 Å². The van der Waals surface area contributed by atoms with Crippen molar-refractivity contribution in [2.45, 2.75) is 38.3 Å². The van der Waals surface area contributed by atoms with E-state index in [-0.39, 0.29) is 0 Å². The van der Waals surface area contributed by atoms with Gasteiger partial charge in [-0.1, -0.05) is 0 Å². The van der Waals surface area contributed by atoms with E-state index in [1.165, 1.54) is 19.2 Å². The van der Waals surface area contributed by atoms with Gasteiger partial charge < -0.3 is 4.90 Å². The predicted molar refractivity (Wildman–Crippen MR) is 114 cm³/mol. The van der Waals surface area contributed by atoms with E-state index in [1.807, 2.05) is 24.5 Å². The number of nitrogens with zero attached hydrogens (tertiary/aromatic N) is 6. The molecule has 1 aliphatic heterocycles. The molecule has 1 saturated heterocycles. The van der Waals surface area contributed by atoms with Crippen molar-refractivity contribution in [3.8, 4) is 0 Å². The van der Waals surface area contributed by atoms with Gasteiger partial charge in [0, 0.05) is 62.3 Å². The van der Waals surface area contributed by atoms with Crippen molar-refractivity contribution in [3.63, 3.8) is 0 Å². The van der Waals surface area contributed by atoms with Crippen LogP contribution in [0.4, 0.5) is 14.5 Å². The Bertz CT molecular complexity index is 1120. The number of halogens is 2. The third-order valence-corrected chi connectivity index (χ3v) is 5.95. The Labute approximate surface area is 178 Å². The summed E-state index contributed by atoms with van der Waals surface area (Å²) in [4.78, 5) is 30.3. The molecule has 2 aromatic heterocycles. The lowest BCUT2D eigenvalue weighted by molar-refractivity contribution is 0.125. The second kappa shape index (κ2) is 8.30. The van der Waals surface area contributed by atoms with Gasteiger partial charge in [0.15, 0.2) is 0 Å². The molecular formula is C22H24F2N6O. The molecule has 9 heteroatoms. The molecule has 0 N–H and O–H groups in total. The van der Waals surface area contributed by atoms with E-state index < -0.39 is 18.5 Å². The molecule has 5 rings (SSSR count). The van der Waals surface area contributed by atoms with Gasteiger partial charge in [-0.05, 0) is 31.0 Å². The number of hydrogen-bond acceptors (Lipinski definition) is 6. The van der Waals surface area contributed by atoms with Crippen LogP contribution in [0.25, 0.3) is 10.9 Å². The number of fused-ring (bicyclic) bond motifs is 1. The molecule has 1 aromatic carbocycles. The smallest absolute Gasteiger partial charge is 0.261 e. The minimum atomic E-state index is -2.59. The summed E-state index contributed by atoms with van der Waals surface area (Å²) in [7, 11) is 0. The largest absolute Gasteiger partial charge is 0.369 e. The average Bonchev–Trinajstić information content (AvgIpc) is 3.62. The molecule has 1 saturated carbocycles. The first-order valence-corrected chi connectivity index (χ1v) is 10.6. The van der Waals surface area contributed by atoms with E-state index in [9.17, 15) is 13.6 Å². The molecule has 0 atom stereocenters. The first-order chi connectivity index (χ1) is 15.1. The van der Waals surface area contributed by atoms with Crippen LogP contribution in [0.3, 0.4) is 0 Å². The monoisotopic (exact) mass is 426 g/mol. The second-order valence-corrected chi connectivity index (χ2v) is 8.28. The molecule has 0 amide bonds. The normalized spacial score (nSPS) is 17.6. The maximum atomic E-state index is 12.6. The van der Waals surface area contributed by atoms with Crippen LogP contribution < -0.4 is 10.5 Å². The molecule has 31 heavy (non-hydrogen) atoms. The molecule has 0 radical (unpaired) electrons. The van der Waals surface area contributed by atoms with Gasteiger partial charge in [-0.25, -0.2) is 23.7 Å². The van der Waals surface area contributed by atoms with E-state index in [4.69, 9.17) is 0 Å². The SMILES string of the molecule is O=c1c2ccc(N3CCN(Cc4cnc(C5CC5)nc4)CC3)cc2ncn1CC(F)F. The summed E-state index contributed by atoms with van der Waals surface area (Å²) in [6, 6.07) is 5.43. The Balaban J connectivity index is 1.23. The zero-order valence-electron chi connectivity index (χ0n) is 17.1. The number of aromatic nitrogens is 4. The van der Waals surface area contributed by atoms with Crippen LogP contribution >= 0.6 is 0 Å². The Morgan fingerprint density at radius 3 is 2.45 bits per heavy atom. The summed E-state index contributed by atoms with van der Waals surface area (Å²) in [5, 5.41) is 0.361. The zero-order valence-corrected chi connectivity index (χ0v) is 17.1. The zero-order chi connectivity index (χ0) is 21.4. The number of anilines is 1. The van der Waals surface area contributed by atoms with Crippen LogP contribution in [0, 0.1) is 0 Å². The Hall–Kier alpha value is -2.94. The van der Waals surface area contributed by atoms with Gasteiger partial charge in [-0.2, -0.15) is 0 Å². The van der Waals surface area contributed by atoms with Crippen LogP contribution in [0.1, 0.15) is 30.1 Å². The maximum absolute atomic E-state index is 12.6. The van der Waals surface area contributed by atoms with Crippen molar-refractivity contribution in [2.75, 3.05) is 31.1 Å². The van der Waals surface area contributed by atoms with Crippen LogP contribution in [0.2, 0.25) is 0 Å². The summed E-state index contributed by atoms with van der Waals surface area (Å²) in [5.74, 6) is 1.54. The van der Waals surface area contributed by atoms with Crippen LogP contribution in [0.15, 0.2) is 41.7 Å². The van der Waals surface area contributed by atoms with Crippen molar-refractivity contribution in [1.82, 2.24) is 24.4 Å².